The van der Waals surface area contributed by atoms with Crippen molar-refractivity contribution in [1.29, 1.82) is 0 Å². The van der Waals surface area contributed by atoms with Gasteiger partial charge in [-0.3, -0.25) is 9.20 Å². The number of benzene rings is 8. The van der Waals surface area contributed by atoms with Gasteiger partial charge in [0.25, 0.3) is 5.56 Å². The van der Waals surface area contributed by atoms with Crippen LogP contribution < -0.4 is 5.56 Å². The Hall–Kier alpha value is -7.37. The summed E-state index contributed by atoms with van der Waals surface area (Å²) in [6, 6.07) is 54.8. The fraction of sp³-hybridized carbons (Fsp3) is 0. The Labute approximate surface area is 305 Å². The lowest BCUT2D eigenvalue weighted by molar-refractivity contribution is 0.668. The molecule has 5 nitrogen and oxygen atoms in total. The van der Waals surface area contributed by atoms with Gasteiger partial charge in [0.15, 0.2) is 5.58 Å². The Balaban J connectivity index is 0.995. The van der Waals surface area contributed by atoms with Crippen LogP contribution in [0, 0.1) is 0 Å². The highest BCUT2D eigenvalue weighted by atomic mass is 16.3. The summed E-state index contributed by atoms with van der Waals surface area (Å²) in [5.41, 5.74) is 10.6. The minimum absolute atomic E-state index is 0.0167. The highest BCUT2D eigenvalue weighted by molar-refractivity contribution is 6.22. The quantitative estimate of drug-likeness (QED) is 0.170. The Bertz CT molecular complexity index is 3820. The number of nitrogens with zero attached hydrogens (tertiary/aromatic N) is 2. The molecule has 0 aliphatic carbocycles. The van der Waals surface area contributed by atoms with Crippen LogP contribution in [0.1, 0.15) is 0 Å². The van der Waals surface area contributed by atoms with Gasteiger partial charge >= 0.3 is 0 Å². The lowest BCUT2D eigenvalue weighted by Crippen LogP contribution is -2.12. The van der Waals surface area contributed by atoms with E-state index in [0.717, 1.165) is 115 Å². The summed E-state index contributed by atoms with van der Waals surface area (Å²) in [6.45, 7) is 0. The van der Waals surface area contributed by atoms with Crippen molar-refractivity contribution < 1.29 is 8.83 Å². The Kier molecular flexibility index (Phi) is 5.20. The minimum atomic E-state index is 0.0167. The van der Waals surface area contributed by atoms with E-state index in [2.05, 4.69) is 126 Å². The van der Waals surface area contributed by atoms with Gasteiger partial charge < -0.3 is 13.4 Å². The van der Waals surface area contributed by atoms with Gasteiger partial charge in [-0.1, -0.05) is 91.0 Å². The van der Waals surface area contributed by atoms with Crippen LogP contribution in [0.4, 0.5) is 0 Å². The van der Waals surface area contributed by atoms with Gasteiger partial charge in [-0.15, -0.1) is 0 Å². The predicted molar refractivity (Wildman–Crippen MR) is 222 cm³/mol. The van der Waals surface area contributed by atoms with Gasteiger partial charge in [0.05, 0.1) is 27.8 Å². The molecule has 0 saturated carbocycles. The summed E-state index contributed by atoms with van der Waals surface area (Å²) >= 11 is 0. The van der Waals surface area contributed by atoms with Crippen molar-refractivity contribution in [3.63, 3.8) is 0 Å². The first-order chi connectivity index (χ1) is 26.7. The van der Waals surface area contributed by atoms with E-state index in [9.17, 15) is 4.79 Å². The van der Waals surface area contributed by atoms with Gasteiger partial charge in [0.2, 0.25) is 0 Å². The van der Waals surface area contributed by atoms with Crippen molar-refractivity contribution in [3.05, 3.63) is 168 Å². The van der Waals surface area contributed by atoms with Crippen LogP contribution in [-0.4, -0.2) is 8.97 Å². The van der Waals surface area contributed by atoms with Crippen molar-refractivity contribution in [3.8, 4) is 16.8 Å². The number of para-hydroxylation sites is 3. The maximum Gasteiger partial charge on any atom is 0.263 e. The zero-order valence-electron chi connectivity index (χ0n) is 28.6. The standard InChI is InChI=1S/C49H26N2O3/c52-49-39-11-2-1-8-30(39)35-12-7-13-36-40-24-27(17-23-42(40)51(49)46(35)36)28-16-19-33-34-20-18-29(26-45(34)53-44(33)25-28)50-41-14-5-3-9-31(41)37-21-22-38-32-10-4-6-15-43(32)54-48(38)47(37)50/h1-26H. The van der Waals surface area contributed by atoms with Crippen LogP contribution in [-0.2, 0) is 0 Å². The molecule has 0 aliphatic heterocycles. The molecule has 5 heteroatoms. The van der Waals surface area contributed by atoms with E-state index in [-0.39, 0.29) is 5.56 Å². The maximum atomic E-state index is 13.8. The van der Waals surface area contributed by atoms with E-state index in [1.165, 1.54) is 5.39 Å². The van der Waals surface area contributed by atoms with E-state index in [0.29, 0.717) is 0 Å². The zero-order chi connectivity index (χ0) is 35.2. The second-order valence-electron chi connectivity index (χ2n) is 14.4. The highest BCUT2D eigenvalue weighted by Crippen LogP contribution is 2.42. The first kappa shape index (κ1) is 28.2. The third kappa shape index (κ3) is 3.51. The first-order valence-corrected chi connectivity index (χ1v) is 18.2. The molecule has 0 amide bonds. The molecule has 54 heavy (non-hydrogen) atoms. The molecule has 0 atom stereocenters. The van der Waals surface area contributed by atoms with E-state index < -0.39 is 0 Å². The number of hydrogen-bond acceptors (Lipinski definition) is 3. The average molecular weight is 691 g/mol. The molecule has 0 saturated heterocycles. The molecule has 5 heterocycles. The van der Waals surface area contributed by atoms with Gasteiger partial charge in [-0.25, -0.2) is 0 Å². The molecule has 13 rings (SSSR count). The van der Waals surface area contributed by atoms with E-state index in [4.69, 9.17) is 8.83 Å². The van der Waals surface area contributed by atoms with Crippen LogP contribution in [0.15, 0.2) is 171 Å². The molecule has 13 aromatic rings. The van der Waals surface area contributed by atoms with Crippen molar-refractivity contribution >= 4 is 104 Å². The summed E-state index contributed by atoms with van der Waals surface area (Å²) in [4.78, 5) is 13.8. The van der Waals surface area contributed by atoms with Gasteiger partial charge in [-0.2, -0.15) is 0 Å². The molecule has 8 aromatic carbocycles. The molecular formula is C49H26N2O3. The normalized spacial score (nSPS) is 12.5. The fourth-order valence-electron chi connectivity index (χ4n) is 9.29. The maximum absolute atomic E-state index is 13.8. The summed E-state index contributed by atoms with van der Waals surface area (Å²) in [6.07, 6.45) is 0. The number of furan rings is 2. The van der Waals surface area contributed by atoms with Crippen molar-refractivity contribution in [1.82, 2.24) is 8.97 Å². The van der Waals surface area contributed by atoms with Crippen LogP contribution in [0.5, 0.6) is 0 Å². The van der Waals surface area contributed by atoms with Gasteiger partial charge in [0.1, 0.15) is 16.7 Å². The molecular weight excluding hydrogens is 665 g/mol. The topological polar surface area (TPSA) is 52.7 Å². The smallest absolute Gasteiger partial charge is 0.263 e. The third-order valence-electron chi connectivity index (χ3n) is 11.7. The van der Waals surface area contributed by atoms with Crippen LogP contribution in [0.25, 0.3) is 120 Å². The summed E-state index contributed by atoms with van der Waals surface area (Å²) in [5.74, 6) is 0. The second-order valence-corrected chi connectivity index (χ2v) is 14.4. The largest absolute Gasteiger partial charge is 0.456 e. The monoisotopic (exact) mass is 690 g/mol. The molecule has 0 fully saturated rings. The first-order valence-electron chi connectivity index (χ1n) is 18.2. The lowest BCUT2D eigenvalue weighted by Gasteiger charge is -2.08. The second kappa shape index (κ2) is 9.94. The molecule has 0 spiro atoms. The predicted octanol–water partition coefficient (Wildman–Crippen LogP) is 12.8. The third-order valence-corrected chi connectivity index (χ3v) is 11.7. The molecule has 0 aliphatic rings. The van der Waals surface area contributed by atoms with Gasteiger partial charge in [-0.05, 0) is 77.2 Å². The Morgan fingerprint density at radius 1 is 0.370 bits per heavy atom. The van der Waals surface area contributed by atoms with E-state index in [1.807, 2.05) is 40.8 Å². The number of pyridine rings is 1. The highest BCUT2D eigenvalue weighted by Gasteiger charge is 2.21. The number of hydrogen-bond donors (Lipinski definition) is 0. The van der Waals surface area contributed by atoms with Crippen molar-refractivity contribution in [2.45, 2.75) is 0 Å². The molecule has 250 valence electrons. The number of rotatable bonds is 2. The molecule has 5 aromatic heterocycles. The number of aromatic nitrogens is 2. The minimum Gasteiger partial charge on any atom is -0.456 e. The Morgan fingerprint density at radius 2 is 0.981 bits per heavy atom. The van der Waals surface area contributed by atoms with E-state index >= 15 is 0 Å². The van der Waals surface area contributed by atoms with Crippen LogP contribution in [0.2, 0.25) is 0 Å². The summed E-state index contributed by atoms with van der Waals surface area (Å²) < 4.78 is 17.5. The average Bonchev–Trinajstić information content (AvgIpc) is 3.97. The van der Waals surface area contributed by atoms with Crippen LogP contribution >= 0.6 is 0 Å². The molecule has 0 bridgehead atoms. The lowest BCUT2D eigenvalue weighted by atomic mass is 10.0. The Morgan fingerprint density at radius 3 is 1.87 bits per heavy atom. The van der Waals surface area contributed by atoms with Crippen molar-refractivity contribution in [2.24, 2.45) is 0 Å². The molecule has 0 radical (unpaired) electrons. The molecule has 0 unspecified atom stereocenters. The van der Waals surface area contributed by atoms with Gasteiger partial charge in [0, 0.05) is 59.9 Å². The summed E-state index contributed by atoms with van der Waals surface area (Å²) in [7, 11) is 0. The molecule has 0 N–H and O–H groups in total. The zero-order valence-corrected chi connectivity index (χ0v) is 28.6. The van der Waals surface area contributed by atoms with Crippen LogP contribution in [0.3, 0.4) is 0 Å². The van der Waals surface area contributed by atoms with E-state index in [1.54, 1.807) is 0 Å². The number of fused-ring (bicyclic) bond motifs is 15. The SMILES string of the molecule is O=c1c2ccccc2c2cccc3c4cc(-c5ccc6c(c5)oc5cc(-n7c8ccccc8c8ccc9c%10ccccc%10oc9c87)ccc56)ccc4n1c23. The van der Waals surface area contributed by atoms with Crippen molar-refractivity contribution in [2.75, 3.05) is 0 Å². The fourth-order valence-corrected chi connectivity index (χ4v) is 9.29. The summed E-state index contributed by atoms with van der Waals surface area (Å²) in [5, 5.41) is 11.6.